The summed E-state index contributed by atoms with van der Waals surface area (Å²) in [6.45, 7) is 0. The molecule has 0 spiro atoms. The van der Waals surface area contributed by atoms with Crippen molar-refractivity contribution in [3.63, 3.8) is 0 Å². The number of anilines is 1. The molecule has 1 aliphatic heterocycles. The molecule has 21 heavy (non-hydrogen) atoms. The van der Waals surface area contributed by atoms with Gasteiger partial charge in [-0.3, -0.25) is 0 Å². The third-order valence-corrected chi connectivity index (χ3v) is 4.66. The Morgan fingerprint density at radius 1 is 0.762 bits per heavy atom. The Hall–Kier alpha value is -2.39. The van der Waals surface area contributed by atoms with E-state index in [-0.39, 0.29) is 0 Å². The number of rotatable bonds is 1. The number of hydrogen-bond donors (Lipinski definition) is 1. The molecule has 0 bridgehead atoms. The molecular formula is C18H13NOS. The number of nitrogen functional groups attached to an aromatic ring is 1. The molecule has 1 aliphatic rings. The van der Waals surface area contributed by atoms with Crippen LogP contribution in [0.25, 0.3) is 11.1 Å². The van der Waals surface area contributed by atoms with Crippen LogP contribution in [0.15, 0.2) is 76.5 Å². The summed E-state index contributed by atoms with van der Waals surface area (Å²) < 4.78 is 6.02. The van der Waals surface area contributed by atoms with Crippen molar-refractivity contribution in [2.75, 3.05) is 5.73 Å². The van der Waals surface area contributed by atoms with E-state index >= 15 is 0 Å². The van der Waals surface area contributed by atoms with Gasteiger partial charge in [0.2, 0.25) is 0 Å². The van der Waals surface area contributed by atoms with Gasteiger partial charge in [-0.25, -0.2) is 0 Å². The van der Waals surface area contributed by atoms with E-state index in [0.717, 1.165) is 38.1 Å². The van der Waals surface area contributed by atoms with Gasteiger partial charge in [0.1, 0.15) is 11.5 Å². The van der Waals surface area contributed by atoms with Crippen molar-refractivity contribution in [3.05, 3.63) is 66.7 Å². The molecule has 2 N–H and O–H groups in total. The fourth-order valence-corrected chi connectivity index (χ4v) is 3.64. The van der Waals surface area contributed by atoms with Crippen molar-refractivity contribution in [2.45, 2.75) is 9.79 Å². The zero-order chi connectivity index (χ0) is 14.2. The normalized spacial score (nSPS) is 12.2. The molecule has 0 unspecified atom stereocenters. The van der Waals surface area contributed by atoms with Crippen LogP contribution in [0.1, 0.15) is 0 Å². The van der Waals surface area contributed by atoms with Crippen LogP contribution in [-0.2, 0) is 0 Å². The maximum absolute atomic E-state index is 6.23. The predicted molar refractivity (Wildman–Crippen MR) is 86.9 cm³/mol. The quantitative estimate of drug-likeness (QED) is 0.490. The third kappa shape index (κ3) is 2.06. The van der Waals surface area contributed by atoms with Gasteiger partial charge in [-0.1, -0.05) is 54.2 Å². The van der Waals surface area contributed by atoms with E-state index in [2.05, 4.69) is 18.2 Å². The lowest BCUT2D eigenvalue weighted by Crippen LogP contribution is -1.99. The summed E-state index contributed by atoms with van der Waals surface area (Å²) in [5.74, 6) is 1.77. The Balaban J connectivity index is 1.92. The highest BCUT2D eigenvalue weighted by Gasteiger charge is 2.22. The summed E-state index contributed by atoms with van der Waals surface area (Å²) in [5.41, 5.74) is 9.16. The number of para-hydroxylation sites is 1. The molecule has 0 aliphatic carbocycles. The van der Waals surface area contributed by atoms with Gasteiger partial charge in [-0.15, -0.1) is 0 Å². The van der Waals surface area contributed by atoms with E-state index in [1.807, 2.05) is 48.5 Å². The molecule has 102 valence electrons. The fraction of sp³-hybridized carbons (Fsp3) is 0. The minimum absolute atomic E-state index is 0.774. The van der Waals surface area contributed by atoms with Crippen molar-refractivity contribution in [1.82, 2.24) is 0 Å². The zero-order valence-electron chi connectivity index (χ0n) is 11.2. The molecule has 3 heteroatoms. The second-order valence-electron chi connectivity index (χ2n) is 4.87. The number of hydrogen-bond acceptors (Lipinski definition) is 3. The first-order valence-electron chi connectivity index (χ1n) is 6.75. The maximum atomic E-state index is 6.23. The molecule has 1 heterocycles. The summed E-state index contributed by atoms with van der Waals surface area (Å²) in [7, 11) is 0. The standard InChI is InChI=1S/C18H13NOS/c19-13-10-11-15-18(17(13)12-6-2-1-3-7-12)21-16-9-5-4-8-14(16)20-15/h1-11H,19H2. The van der Waals surface area contributed by atoms with Crippen molar-refractivity contribution >= 4 is 17.4 Å². The highest BCUT2D eigenvalue weighted by Crippen LogP contribution is 2.52. The van der Waals surface area contributed by atoms with Crippen molar-refractivity contribution in [3.8, 4) is 22.6 Å². The van der Waals surface area contributed by atoms with E-state index in [1.54, 1.807) is 11.8 Å². The molecule has 4 rings (SSSR count). The summed E-state index contributed by atoms with van der Waals surface area (Å²) in [5, 5.41) is 0. The topological polar surface area (TPSA) is 35.2 Å². The van der Waals surface area contributed by atoms with Gasteiger partial charge in [-0.2, -0.15) is 0 Å². The highest BCUT2D eigenvalue weighted by molar-refractivity contribution is 7.99. The van der Waals surface area contributed by atoms with Gasteiger partial charge in [0, 0.05) is 11.3 Å². The van der Waals surface area contributed by atoms with Crippen molar-refractivity contribution in [2.24, 2.45) is 0 Å². The third-order valence-electron chi connectivity index (χ3n) is 3.50. The Morgan fingerprint density at radius 2 is 1.52 bits per heavy atom. The van der Waals surface area contributed by atoms with Crippen LogP contribution in [0.4, 0.5) is 5.69 Å². The fourth-order valence-electron chi connectivity index (χ4n) is 2.51. The van der Waals surface area contributed by atoms with E-state index in [9.17, 15) is 0 Å². The van der Waals surface area contributed by atoms with Crippen molar-refractivity contribution in [1.29, 1.82) is 0 Å². The lowest BCUT2D eigenvalue weighted by Gasteiger charge is -2.23. The second kappa shape index (κ2) is 4.86. The Labute approximate surface area is 127 Å². The minimum atomic E-state index is 0.774. The molecular weight excluding hydrogens is 278 g/mol. The molecule has 0 amide bonds. The van der Waals surface area contributed by atoms with Crippen LogP contribution in [0.5, 0.6) is 11.5 Å². The number of fused-ring (bicyclic) bond motifs is 2. The van der Waals surface area contributed by atoms with Crippen LogP contribution in [0, 0.1) is 0 Å². The summed E-state index contributed by atoms with van der Waals surface area (Å²) in [6.07, 6.45) is 0. The second-order valence-corrected chi connectivity index (χ2v) is 5.93. The molecule has 0 saturated heterocycles. The Kier molecular flexibility index (Phi) is 2.86. The van der Waals surface area contributed by atoms with Gasteiger partial charge >= 0.3 is 0 Å². The molecule has 0 saturated carbocycles. The summed E-state index contributed by atoms with van der Waals surface area (Å²) in [4.78, 5) is 2.20. The largest absolute Gasteiger partial charge is 0.455 e. The average Bonchev–Trinajstić information content (AvgIpc) is 2.54. The van der Waals surface area contributed by atoms with Crippen molar-refractivity contribution < 1.29 is 4.74 Å². The van der Waals surface area contributed by atoms with Gasteiger partial charge in [0.15, 0.2) is 0 Å². The Morgan fingerprint density at radius 3 is 2.38 bits per heavy atom. The summed E-state index contributed by atoms with van der Waals surface area (Å²) >= 11 is 1.71. The van der Waals surface area contributed by atoms with Crippen LogP contribution in [0.2, 0.25) is 0 Å². The van der Waals surface area contributed by atoms with Gasteiger partial charge < -0.3 is 10.5 Å². The first-order valence-corrected chi connectivity index (χ1v) is 7.57. The van der Waals surface area contributed by atoms with Gasteiger partial charge in [0.05, 0.1) is 9.79 Å². The number of nitrogens with two attached hydrogens (primary N) is 1. The van der Waals surface area contributed by atoms with Crippen LogP contribution in [0.3, 0.4) is 0 Å². The van der Waals surface area contributed by atoms with E-state index in [4.69, 9.17) is 10.5 Å². The average molecular weight is 291 g/mol. The first kappa shape index (κ1) is 12.4. The monoisotopic (exact) mass is 291 g/mol. The zero-order valence-corrected chi connectivity index (χ0v) is 12.1. The first-order chi connectivity index (χ1) is 10.3. The smallest absolute Gasteiger partial charge is 0.142 e. The van der Waals surface area contributed by atoms with Crippen LogP contribution in [-0.4, -0.2) is 0 Å². The number of ether oxygens (including phenoxy) is 1. The molecule has 0 fully saturated rings. The Bertz CT molecular complexity index is 815. The molecule has 0 aromatic heterocycles. The number of benzene rings is 3. The van der Waals surface area contributed by atoms with Crippen LogP contribution >= 0.6 is 11.8 Å². The molecule has 2 nitrogen and oxygen atoms in total. The van der Waals surface area contributed by atoms with E-state index in [0.29, 0.717) is 0 Å². The molecule has 3 aromatic carbocycles. The van der Waals surface area contributed by atoms with Gasteiger partial charge in [-0.05, 0) is 29.8 Å². The predicted octanol–water partition coefficient (Wildman–Crippen LogP) is 5.19. The van der Waals surface area contributed by atoms with E-state index in [1.165, 1.54) is 0 Å². The minimum Gasteiger partial charge on any atom is -0.455 e. The highest BCUT2D eigenvalue weighted by atomic mass is 32.2. The molecule has 3 aromatic rings. The molecule has 0 atom stereocenters. The maximum Gasteiger partial charge on any atom is 0.142 e. The lowest BCUT2D eigenvalue weighted by atomic mass is 10.0. The summed E-state index contributed by atoms with van der Waals surface area (Å²) in [6, 6.07) is 22.1. The lowest BCUT2D eigenvalue weighted by molar-refractivity contribution is 0.455. The molecule has 0 radical (unpaired) electrons. The SMILES string of the molecule is Nc1ccc2c(c1-c1ccccc1)Sc1ccccc1O2. The van der Waals surface area contributed by atoms with E-state index < -0.39 is 0 Å². The van der Waals surface area contributed by atoms with Crippen LogP contribution < -0.4 is 10.5 Å². The van der Waals surface area contributed by atoms with Gasteiger partial charge in [0.25, 0.3) is 0 Å².